The fourth-order valence-corrected chi connectivity index (χ4v) is 2.48. The van der Waals surface area contributed by atoms with Crippen LogP contribution in [0.15, 0.2) is 53.0 Å². The van der Waals surface area contributed by atoms with E-state index in [1.54, 1.807) is 0 Å². The van der Waals surface area contributed by atoms with Crippen molar-refractivity contribution >= 4 is 50.1 Å². The average Bonchev–Trinajstić information content (AvgIpc) is 2.43. The van der Waals surface area contributed by atoms with E-state index in [1.807, 2.05) is 55.5 Å². The van der Waals surface area contributed by atoms with Crippen molar-refractivity contribution in [2.24, 2.45) is 0 Å². The molecule has 1 unspecified atom stereocenters. The second-order valence-corrected chi connectivity index (χ2v) is 6.27. The van der Waals surface area contributed by atoms with E-state index in [-0.39, 0.29) is 11.8 Å². The minimum absolute atomic E-state index is 0.00400. The van der Waals surface area contributed by atoms with Crippen LogP contribution in [0.2, 0.25) is 0 Å². The topological polar surface area (TPSA) is 29.1 Å². The fraction of sp³-hybridized carbons (Fsp3) is 0.133. The number of carbonyl (C=O) groups is 1. The Morgan fingerprint density at radius 1 is 1.21 bits per heavy atom. The van der Waals surface area contributed by atoms with E-state index < -0.39 is 0 Å². The lowest BCUT2D eigenvalue weighted by Gasteiger charge is -2.13. The first-order valence-corrected chi connectivity index (χ1v) is 7.76. The van der Waals surface area contributed by atoms with E-state index in [0.717, 1.165) is 19.3 Å². The summed E-state index contributed by atoms with van der Waals surface area (Å²) < 4.78 is 2.10. The molecule has 2 aromatic rings. The second-order valence-electron chi connectivity index (χ2n) is 4.25. The molecule has 0 aliphatic heterocycles. The van der Waals surface area contributed by atoms with E-state index in [1.165, 1.54) is 0 Å². The number of nitrogens with one attached hydrogen (secondary N) is 1. The Kier molecular flexibility index (Phi) is 4.99. The number of benzene rings is 2. The molecule has 1 amide bonds. The fourth-order valence-electron chi connectivity index (χ4n) is 1.72. The highest BCUT2D eigenvalue weighted by Gasteiger charge is 2.15. The summed E-state index contributed by atoms with van der Waals surface area (Å²) >= 11 is 5.67. The highest BCUT2D eigenvalue weighted by molar-refractivity contribution is 14.1. The molecule has 2 aromatic carbocycles. The second kappa shape index (κ2) is 6.52. The molecule has 0 heterocycles. The van der Waals surface area contributed by atoms with Gasteiger partial charge in [-0.2, -0.15) is 0 Å². The molecule has 0 aromatic heterocycles. The first-order chi connectivity index (χ1) is 9.08. The van der Waals surface area contributed by atoms with Crippen molar-refractivity contribution in [2.75, 3.05) is 5.32 Å². The third kappa shape index (κ3) is 3.79. The molecule has 0 saturated carbocycles. The maximum atomic E-state index is 12.2. The standard InChI is InChI=1S/C15H13BrINO/c1-10(11-5-3-2-4-6-11)15(19)18-12-7-8-13(16)14(17)9-12/h2-10H,1H3,(H,18,19). The average molecular weight is 430 g/mol. The van der Waals surface area contributed by atoms with Crippen LogP contribution in [-0.2, 0) is 4.79 Å². The highest BCUT2D eigenvalue weighted by atomic mass is 127. The van der Waals surface area contributed by atoms with Crippen molar-refractivity contribution in [1.29, 1.82) is 0 Å². The van der Waals surface area contributed by atoms with Gasteiger partial charge in [0.15, 0.2) is 0 Å². The number of hydrogen-bond acceptors (Lipinski definition) is 1. The van der Waals surface area contributed by atoms with Crippen LogP contribution < -0.4 is 5.32 Å². The lowest BCUT2D eigenvalue weighted by Crippen LogP contribution is -2.18. The number of anilines is 1. The highest BCUT2D eigenvalue weighted by Crippen LogP contribution is 2.24. The van der Waals surface area contributed by atoms with Gasteiger partial charge in [-0.05, 0) is 69.2 Å². The molecule has 1 N–H and O–H groups in total. The summed E-state index contributed by atoms with van der Waals surface area (Å²) in [5.74, 6) is -0.160. The summed E-state index contributed by atoms with van der Waals surface area (Å²) in [4.78, 5) is 12.2. The number of amides is 1. The lowest BCUT2D eigenvalue weighted by atomic mass is 10.0. The van der Waals surface area contributed by atoms with Gasteiger partial charge in [0.05, 0.1) is 5.92 Å². The van der Waals surface area contributed by atoms with E-state index in [4.69, 9.17) is 0 Å². The monoisotopic (exact) mass is 429 g/mol. The maximum Gasteiger partial charge on any atom is 0.231 e. The molecule has 0 bridgehead atoms. The number of rotatable bonds is 3. The molecule has 2 nitrogen and oxygen atoms in total. The van der Waals surface area contributed by atoms with Gasteiger partial charge in [0.25, 0.3) is 0 Å². The smallest absolute Gasteiger partial charge is 0.231 e. The van der Waals surface area contributed by atoms with Crippen molar-refractivity contribution in [3.05, 3.63) is 62.1 Å². The first kappa shape index (κ1) is 14.5. The van der Waals surface area contributed by atoms with Gasteiger partial charge in [-0.1, -0.05) is 30.3 Å². The first-order valence-electron chi connectivity index (χ1n) is 5.89. The molecule has 0 radical (unpaired) electrons. The van der Waals surface area contributed by atoms with Crippen LogP contribution >= 0.6 is 38.5 Å². The summed E-state index contributed by atoms with van der Waals surface area (Å²) in [6.45, 7) is 1.91. The van der Waals surface area contributed by atoms with E-state index >= 15 is 0 Å². The molecule has 0 saturated heterocycles. The van der Waals surface area contributed by atoms with Crippen LogP contribution in [-0.4, -0.2) is 5.91 Å². The minimum Gasteiger partial charge on any atom is -0.326 e. The molecular formula is C15H13BrINO. The number of carbonyl (C=O) groups excluding carboxylic acids is 1. The van der Waals surface area contributed by atoms with Crippen molar-refractivity contribution in [3.63, 3.8) is 0 Å². The van der Waals surface area contributed by atoms with Gasteiger partial charge in [-0.15, -0.1) is 0 Å². The lowest BCUT2D eigenvalue weighted by molar-refractivity contribution is -0.117. The van der Waals surface area contributed by atoms with E-state index in [0.29, 0.717) is 0 Å². The third-order valence-electron chi connectivity index (χ3n) is 2.88. The Morgan fingerprint density at radius 2 is 1.89 bits per heavy atom. The van der Waals surface area contributed by atoms with Crippen molar-refractivity contribution in [1.82, 2.24) is 0 Å². The molecule has 2 rings (SSSR count). The van der Waals surface area contributed by atoms with Gasteiger partial charge >= 0.3 is 0 Å². The Labute approximate surface area is 134 Å². The number of halogens is 2. The Morgan fingerprint density at radius 3 is 2.53 bits per heavy atom. The van der Waals surface area contributed by atoms with Gasteiger partial charge in [0.2, 0.25) is 5.91 Å². The zero-order chi connectivity index (χ0) is 13.8. The molecule has 1 atom stereocenters. The SMILES string of the molecule is CC(C(=O)Nc1ccc(Br)c(I)c1)c1ccccc1. The Hall–Kier alpha value is -0.880. The van der Waals surface area contributed by atoms with Crippen LogP contribution in [0, 0.1) is 3.57 Å². The molecule has 0 aliphatic carbocycles. The summed E-state index contributed by atoms with van der Waals surface area (Å²) in [5, 5.41) is 2.94. The Balaban J connectivity index is 2.10. The van der Waals surface area contributed by atoms with Crippen LogP contribution in [0.25, 0.3) is 0 Å². The molecule has 4 heteroatoms. The summed E-state index contributed by atoms with van der Waals surface area (Å²) in [5.41, 5.74) is 1.84. The predicted octanol–water partition coefficient (Wildman–Crippen LogP) is 4.80. The van der Waals surface area contributed by atoms with Crippen LogP contribution in [0.1, 0.15) is 18.4 Å². The zero-order valence-electron chi connectivity index (χ0n) is 10.4. The molecular weight excluding hydrogens is 417 g/mol. The van der Waals surface area contributed by atoms with Gasteiger partial charge < -0.3 is 5.32 Å². The Bertz CT molecular complexity index is 586. The molecule has 98 valence electrons. The largest absolute Gasteiger partial charge is 0.326 e. The summed E-state index contributed by atoms with van der Waals surface area (Å²) in [6, 6.07) is 15.5. The summed E-state index contributed by atoms with van der Waals surface area (Å²) in [7, 11) is 0. The number of hydrogen-bond donors (Lipinski definition) is 1. The van der Waals surface area contributed by atoms with Crippen molar-refractivity contribution < 1.29 is 4.79 Å². The van der Waals surface area contributed by atoms with Gasteiger partial charge in [0.1, 0.15) is 0 Å². The molecule has 0 spiro atoms. The van der Waals surface area contributed by atoms with E-state index in [2.05, 4.69) is 43.8 Å². The van der Waals surface area contributed by atoms with E-state index in [9.17, 15) is 4.79 Å². The normalized spacial score (nSPS) is 11.9. The predicted molar refractivity (Wildman–Crippen MR) is 90.3 cm³/mol. The summed E-state index contributed by atoms with van der Waals surface area (Å²) in [6.07, 6.45) is 0. The molecule has 0 aliphatic rings. The van der Waals surface area contributed by atoms with Crippen molar-refractivity contribution in [3.8, 4) is 0 Å². The quantitative estimate of drug-likeness (QED) is 0.698. The minimum atomic E-state index is -0.164. The van der Waals surface area contributed by atoms with Crippen LogP contribution in [0.4, 0.5) is 5.69 Å². The van der Waals surface area contributed by atoms with Gasteiger partial charge in [-0.3, -0.25) is 4.79 Å². The van der Waals surface area contributed by atoms with Crippen LogP contribution in [0.5, 0.6) is 0 Å². The zero-order valence-corrected chi connectivity index (χ0v) is 14.1. The van der Waals surface area contributed by atoms with Gasteiger partial charge in [0, 0.05) is 13.7 Å². The molecule has 0 fully saturated rings. The van der Waals surface area contributed by atoms with Crippen LogP contribution in [0.3, 0.4) is 0 Å². The third-order valence-corrected chi connectivity index (χ3v) is 5.21. The van der Waals surface area contributed by atoms with Crippen molar-refractivity contribution in [2.45, 2.75) is 12.8 Å². The van der Waals surface area contributed by atoms with Gasteiger partial charge in [-0.25, -0.2) is 0 Å². The molecule has 19 heavy (non-hydrogen) atoms. The maximum absolute atomic E-state index is 12.2.